The fourth-order valence-electron chi connectivity index (χ4n) is 0.829. The minimum atomic E-state index is 0.715. The second-order valence-corrected chi connectivity index (χ2v) is 3.83. The van der Waals surface area contributed by atoms with E-state index < -0.39 is 0 Å². The first-order chi connectivity index (χ1) is 5.69. The van der Waals surface area contributed by atoms with E-state index in [1.165, 1.54) is 0 Å². The summed E-state index contributed by atoms with van der Waals surface area (Å²) < 4.78 is 12.1. The van der Waals surface area contributed by atoms with Crippen molar-refractivity contribution in [2.45, 2.75) is 0 Å². The third kappa shape index (κ3) is 1.93. The van der Waals surface area contributed by atoms with Crippen molar-refractivity contribution >= 4 is 31.9 Å². The highest BCUT2D eigenvalue weighted by Gasteiger charge is 2.06. The van der Waals surface area contributed by atoms with Gasteiger partial charge in [-0.3, -0.25) is 0 Å². The maximum atomic E-state index is 5.10. The summed E-state index contributed by atoms with van der Waals surface area (Å²) in [5, 5.41) is 0. The Labute approximate surface area is 88.1 Å². The molecule has 0 aliphatic rings. The molecule has 0 spiro atoms. The van der Waals surface area contributed by atoms with Gasteiger partial charge in [0.05, 0.1) is 14.2 Å². The van der Waals surface area contributed by atoms with E-state index in [-0.39, 0.29) is 0 Å². The van der Waals surface area contributed by atoms with Gasteiger partial charge in [-0.1, -0.05) is 0 Å². The van der Waals surface area contributed by atoms with Crippen molar-refractivity contribution in [2.24, 2.45) is 0 Å². The van der Waals surface area contributed by atoms with Crippen molar-refractivity contribution in [3.8, 4) is 11.5 Å². The van der Waals surface area contributed by atoms with Crippen LogP contribution in [0, 0.1) is 0 Å². The summed E-state index contributed by atoms with van der Waals surface area (Å²) in [5.41, 5.74) is 0. The fourth-order valence-corrected chi connectivity index (χ4v) is 1.47. The highest BCUT2D eigenvalue weighted by Crippen LogP contribution is 2.35. The molecule has 1 rings (SSSR count). The normalized spacial score (nSPS) is 9.67. The Balaban J connectivity index is 3.19. The van der Waals surface area contributed by atoms with E-state index in [2.05, 4.69) is 31.9 Å². The van der Waals surface area contributed by atoms with Gasteiger partial charge in [0.2, 0.25) is 0 Å². The van der Waals surface area contributed by atoms with Crippen molar-refractivity contribution in [1.29, 1.82) is 0 Å². The van der Waals surface area contributed by atoms with Crippen LogP contribution in [0.4, 0.5) is 0 Å². The molecule has 0 radical (unpaired) electrons. The average Bonchev–Trinajstić information content (AvgIpc) is 2.09. The van der Waals surface area contributed by atoms with Crippen molar-refractivity contribution in [1.82, 2.24) is 0 Å². The van der Waals surface area contributed by atoms with Crippen LogP contribution in [0.3, 0.4) is 0 Å². The highest BCUT2D eigenvalue weighted by molar-refractivity contribution is 9.13. The number of benzene rings is 1. The number of halogens is 2. The van der Waals surface area contributed by atoms with Gasteiger partial charge in [0.1, 0.15) is 0 Å². The van der Waals surface area contributed by atoms with E-state index in [1.54, 1.807) is 14.2 Å². The molecule has 0 atom stereocenters. The van der Waals surface area contributed by atoms with Crippen LogP contribution in [-0.2, 0) is 0 Å². The van der Waals surface area contributed by atoms with Crippen LogP contribution in [0.25, 0.3) is 0 Å². The lowest BCUT2D eigenvalue weighted by Crippen LogP contribution is -1.90. The summed E-state index contributed by atoms with van der Waals surface area (Å²) in [6.45, 7) is 0. The van der Waals surface area contributed by atoms with Crippen LogP contribution < -0.4 is 9.47 Å². The van der Waals surface area contributed by atoms with Crippen LogP contribution in [0.5, 0.6) is 11.5 Å². The van der Waals surface area contributed by atoms with Crippen molar-refractivity contribution in [2.75, 3.05) is 14.2 Å². The molecular weight excluding hydrogens is 288 g/mol. The molecule has 0 saturated carbocycles. The van der Waals surface area contributed by atoms with Crippen LogP contribution in [0.15, 0.2) is 21.1 Å². The lowest BCUT2D eigenvalue weighted by Gasteiger charge is -2.08. The van der Waals surface area contributed by atoms with Gasteiger partial charge < -0.3 is 9.47 Å². The van der Waals surface area contributed by atoms with Crippen LogP contribution in [-0.4, -0.2) is 14.2 Å². The SMILES string of the molecule is COc1cc(Br)c(Br)cc1OC. The first kappa shape index (κ1) is 9.86. The number of hydrogen-bond donors (Lipinski definition) is 0. The topological polar surface area (TPSA) is 18.5 Å². The first-order valence-corrected chi connectivity index (χ1v) is 4.84. The number of hydrogen-bond acceptors (Lipinski definition) is 2. The molecule has 0 heterocycles. The molecule has 0 aliphatic heterocycles. The van der Waals surface area contributed by atoms with Crippen LogP contribution in [0.2, 0.25) is 0 Å². The molecule has 0 aliphatic carbocycles. The van der Waals surface area contributed by atoms with E-state index in [0.717, 1.165) is 8.95 Å². The summed E-state index contributed by atoms with van der Waals surface area (Å²) in [7, 11) is 3.22. The molecule has 4 heteroatoms. The molecule has 0 fully saturated rings. The minimum absolute atomic E-state index is 0.715. The summed E-state index contributed by atoms with van der Waals surface area (Å²) >= 11 is 6.74. The van der Waals surface area contributed by atoms with Gasteiger partial charge >= 0.3 is 0 Å². The monoisotopic (exact) mass is 294 g/mol. The Morgan fingerprint density at radius 2 is 1.25 bits per heavy atom. The van der Waals surface area contributed by atoms with Gasteiger partial charge in [-0.2, -0.15) is 0 Å². The van der Waals surface area contributed by atoms with Gasteiger partial charge in [-0.05, 0) is 44.0 Å². The van der Waals surface area contributed by atoms with E-state index >= 15 is 0 Å². The summed E-state index contributed by atoms with van der Waals surface area (Å²) in [4.78, 5) is 0. The molecule has 0 saturated heterocycles. The maximum absolute atomic E-state index is 5.10. The molecule has 0 unspecified atom stereocenters. The molecule has 2 nitrogen and oxygen atoms in total. The molecule has 0 bridgehead atoms. The molecule has 1 aromatic rings. The first-order valence-electron chi connectivity index (χ1n) is 3.26. The summed E-state index contributed by atoms with van der Waals surface area (Å²) in [6.07, 6.45) is 0. The van der Waals surface area contributed by atoms with Crippen molar-refractivity contribution in [3.05, 3.63) is 21.1 Å². The quantitative estimate of drug-likeness (QED) is 0.834. The van der Waals surface area contributed by atoms with E-state index in [9.17, 15) is 0 Å². The van der Waals surface area contributed by atoms with E-state index in [4.69, 9.17) is 9.47 Å². The Morgan fingerprint density at radius 3 is 1.50 bits per heavy atom. The largest absolute Gasteiger partial charge is 0.493 e. The number of methoxy groups -OCH3 is 2. The average molecular weight is 296 g/mol. The zero-order valence-electron chi connectivity index (χ0n) is 6.73. The fraction of sp³-hybridized carbons (Fsp3) is 0.250. The van der Waals surface area contributed by atoms with E-state index in [0.29, 0.717) is 11.5 Å². The predicted molar refractivity (Wildman–Crippen MR) is 54.9 cm³/mol. The third-order valence-electron chi connectivity index (χ3n) is 1.43. The van der Waals surface area contributed by atoms with Crippen LogP contribution in [0.1, 0.15) is 0 Å². The Kier molecular flexibility index (Phi) is 3.40. The molecule has 0 amide bonds. The smallest absolute Gasteiger partial charge is 0.161 e. The number of rotatable bonds is 2. The minimum Gasteiger partial charge on any atom is -0.493 e. The Hall–Kier alpha value is -0.220. The van der Waals surface area contributed by atoms with Gasteiger partial charge in [0.25, 0.3) is 0 Å². The summed E-state index contributed by atoms with van der Waals surface area (Å²) in [6, 6.07) is 3.70. The molecular formula is C8H8Br2O2. The number of ether oxygens (including phenoxy) is 2. The zero-order chi connectivity index (χ0) is 9.14. The summed E-state index contributed by atoms with van der Waals surface area (Å²) in [5.74, 6) is 1.43. The van der Waals surface area contributed by atoms with Gasteiger partial charge in [-0.25, -0.2) is 0 Å². The molecule has 66 valence electrons. The van der Waals surface area contributed by atoms with Crippen molar-refractivity contribution < 1.29 is 9.47 Å². The third-order valence-corrected chi connectivity index (χ3v) is 3.27. The molecule has 1 aromatic carbocycles. The maximum Gasteiger partial charge on any atom is 0.161 e. The lowest BCUT2D eigenvalue weighted by atomic mass is 10.3. The van der Waals surface area contributed by atoms with Gasteiger partial charge in [0, 0.05) is 8.95 Å². The predicted octanol–water partition coefficient (Wildman–Crippen LogP) is 3.23. The zero-order valence-corrected chi connectivity index (χ0v) is 9.90. The second-order valence-electron chi connectivity index (χ2n) is 2.12. The Bertz CT molecular complexity index is 258. The van der Waals surface area contributed by atoms with E-state index in [1.807, 2.05) is 12.1 Å². The van der Waals surface area contributed by atoms with Crippen molar-refractivity contribution in [3.63, 3.8) is 0 Å². The lowest BCUT2D eigenvalue weighted by molar-refractivity contribution is 0.354. The van der Waals surface area contributed by atoms with Gasteiger partial charge in [0.15, 0.2) is 11.5 Å². The molecule has 12 heavy (non-hydrogen) atoms. The molecule has 0 aromatic heterocycles. The standard InChI is InChI=1S/C8H8Br2O2/c1-11-7-3-5(9)6(10)4-8(7)12-2/h3-4H,1-2H3. The van der Waals surface area contributed by atoms with Crippen LogP contribution >= 0.6 is 31.9 Å². The Morgan fingerprint density at radius 1 is 0.917 bits per heavy atom. The second kappa shape index (κ2) is 4.14. The van der Waals surface area contributed by atoms with Gasteiger partial charge in [-0.15, -0.1) is 0 Å². The molecule has 0 N–H and O–H groups in total. The highest BCUT2D eigenvalue weighted by atomic mass is 79.9.